The van der Waals surface area contributed by atoms with E-state index in [0.717, 1.165) is 29.0 Å². The Morgan fingerprint density at radius 1 is 1.07 bits per heavy atom. The molecule has 1 aromatic heterocycles. The van der Waals surface area contributed by atoms with Gasteiger partial charge in [-0.1, -0.05) is 12.1 Å². The topological polar surface area (TPSA) is 95.6 Å². The van der Waals surface area contributed by atoms with Gasteiger partial charge in [0.15, 0.2) is 0 Å². The minimum atomic E-state index is -3.66. The number of benzene rings is 1. The average Bonchev–Trinajstić information content (AvgIpc) is 3.28. The quantitative estimate of drug-likeness (QED) is 0.682. The van der Waals surface area contributed by atoms with Crippen LogP contribution in [0.3, 0.4) is 0 Å². The van der Waals surface area contributed by atoms with Crippen LogP contribution in [0.2, 0.25) is 0 Å². The van der Waals surface area contributed by atoms with Gasteiger partial charge in [-0.3, -0.25) is 9.59 Å². The summed E-state index contributed by atoms with van der Waals surface area (Å²) >= 11 is 1.23. The van der Waals surface area contributed by atoms with E-state index in [1.54, 1.807) is 12.1 Å². The first-order valence-electron chi connectivity index (χ1n) is 10.1. The van der Waals surface area contributed by atoms with E-state index in [9.17, 15) is 18.0 Å². The molecule has 9 heteroatoms. The fourth-order valence-corrected chi connectivity index (χ4v) is 6.63. The van der Waals surface area contributed by atoms with Crippen molar-refractivity contribution in [2.24, 2.45) is 5.92 Å². The molecule has 2 fully saturated rings. The van der Waals surface area contributed by atoms with Crippen molar-refractivity contribution in [1.29, 1.82) is 0 Å². The fourth-order valence-electron chi connectivity index (χ4n) is 3.56. The Bertz CT molecular complexity index is 1040. The molecule has 1 aromatic carbocycles. The van der Waals surface area contributed by atoms with Gasteiger partial charge in [-0.15, -0.1) is 11.3 Å². The lowest BCUT2D eigenvalue weighted by Crippen LogP contribution is -2.45. The van der Waals surface area contributed by atoms with Crippen molar-refractivity contribution < 1.29 is 18.0 Å². The summed E-state index contributed by atoms with van der Waals surface area (Å²) < 4.78 is 27.5. The Morgan fingerprint density at radius 2 is 1.80 bits per heavy atom. The third-order valence-corrected chi connectivity index (χ3v) is 8.80. The van der Waals surface area contributed by atoms with Crippen LogP contribution in [0.4, 0.5) is 5.69 Å². The third-order valence-electron chi connectivity index (χ3n) is 5.42. The van der Waals surface area contributed by atoms with Gasteiger partial charge in [0.05, 0.1) is 0 Å². The van der Waals surface area contributed by atoms with E-state index in [0.29, 0.717) is 25.9 Å². The molecule has 1 aliphatic carbocycles. The number of rotatable bonds is 7. The minimum Gasteiger partial charge on any atom is -0.351 e. The predicted molar refractivity (Wildman–Crippen MR) is 116 cm³/mol. The van der Waals surface area contributed by atoms with Gasteiger partial charge in [-0.2, -0.15) is 4.31 Å². The number of amides is 2. The van der Waals surface area contributed by atoms with Crippen LogP contribution in [-0.4, -0.2) is 37.1 Å². The SMILES string of the molecule is Cc1ccc(S(=O)(=O)N2CCC[C@H]2C(=O)NCc2ccc(NC(=O)C3CC3)cc2)s1. The summed E-state index contributed by atoms with van der Waals surface area (Å²) in [4.78, 5) is 25.5. The van der Waals surface area contributed by atoms with Gasteiger partial charge in [-0.25, -0.2) is 8.42 Å². The number of hydrogen-bond donors (Lipinski definition) is 2. The number of hydrogen-bond acceptors (Lipinski definition) is 5. The smallest absolute Gasteiger partial charge is 0.253 e. The number of aryl methyl sites for hydroxylation is 1. The zero-order valence-electron chi connectivity index (χ0n) is 16.8. The van der Waals surface area contributed by atoms with Crippen molar-refractivity contribution in [2.75, 3.05) is 11.9 Å². The molecule has 30 heavy (non-hydrogen) atoms. The Balaban J connectivity index is 1.35. The largest absolute Gasteiger partial charge is 0.351 e. The molecule has 2 amide bonds. The Hall–Kier alpha value is -2.23. The molecule has 2 aromatic rings. The molecule has 2 aliphatic rings. The van der Waals surface area contributed by atoms with Gasteiger partial charge >= 0.3 is 0 Å². The standard InChI is InChI=1S/C21H25N3O4S2/c1-14-4-11-19(29-14)30(27,28)24-12-2-3-18(24)21(26)22-13-15-5-9-17(10-6-15)23-20(25)16-7-8-16/h4-6,9-11,16,18H,2-3,7-8,12-13H2,1H3,(H,22,26)(H,23,25)/t18-/m0/s1. The van der Waals surface area contributed by atoms with E-state index < -0.39 is 16.1 Å². The van der Waals surface area contributed by atoms with Crippen LogP contribution in [0.15, 0.2) is 40.6 Å². The van der Waals surface area contributed by atoms with Crippen molar-refractivity contribution in [3.8, 4) is 0 Å². The molecule has 0 bridgehead atoms. The Morgan fingerprint density at radius 3 is 2.43 bits per heavy atom. The molecule has 7 nitrogen and oxygen atoms in total. The maximum atomic E-state index is 12.9. The molecular formula is C21H25N3O4S2. The number of nitrogens with one attached hydrogen (secondary N) is 2. The van der Waals surface area contributed by atoms with Crippen LogP contribution in [0.5, 0.6) is 0 Å². The van der Waals surface area contributed by atoms with E-state index in [-0.39, 0.29) is 21.9 Å². The number of nitrogens with zero attached hydrogens (tertiary/aromatic N) is 1. The minimum absolute atomic E-state index is 0.0551. The van der Waals surface area contributed by atoms with Gasteiger partial charge in [-0.05, 0) is 62.4 Å². The molecule has 0 spiro atoms. The van der Waals surface area contributed by atoms with Crippen molar-refractivity contribution >= 4 is 38.9 Å². The third kappa shape index (κ3) is 4.58. The van der Waals surface area contributed by atoms with Crippen LogP contribution in [0.1, 0.15) is 36.1 Å². The van der Waals surface area contributed by atoms with Crippen LogP contribution in [0.25, 0.3) is 0 Å². The second kappa shape index (κ2) is 8.49. The highest BCUT2D eigenvalue weighted by Gasteiger charge is 2.39. The van der Waals surface area contributed by atoms with Crippen LogP contribution < -0.4 is 10.6 Å². The second-order valence-corrected chi connectivity index (χ2v) is 11.2. The van der Waals surface area contributed by atoms with Gasteiger partial charge in [0.2, 0.25) is 11.8 Å². The van der Waals surface area contributed by atoms with Crippen molar-refractivity contribution in [3.63, 3.8) is 0 Å². The molecule has 1 saturated carbocycles. The summed E-state index contributed by atoms with van der Waals surface area (Å²) in [5.41, 5.74) is 1.62. The molecule has 2 heterocycles. The molecule has 0 radical (unpaired) electrons. The molecular weight excluding hydrogens is 422 g/mol. The van der Waals surface area contributed by atoms with Crippen molar-refractivity contribution in [1.82, 2.24) is 9.62 Å². The van der Waals surface area contributed by atoms with E-state index in [1.807, 2.05) is 31.2 Å². The van der Waals surface area contributed by atoms with Gasteiger partial charge in [0, 0.05) is 29.6 Å². The number of carbonyl (C=O) groups excluding carboxylic acids is 2. The zero-order chi connectivity index (χ0) is 21.3. The summed E-state index contributed by atoms with van der Waals surface area (Å²) in [6.07, 6.45) is 3.09. The molecule has 160 valence electrons. The van der Waals surface area contributed by atoms with E-state index in [4.69, 9.17) is 0 Å². The van der Waals surface area contributed by atoms with Crippen molar-refractivity contribution in [2.45, 2.75) is 49.4 Å². The lowest BCUT2D eigenvalue weighted by Gasteiger charge is -2.22. The van der Waals surface area contributed by atoms with Crippen LogP contribution >= 0.6 is 11.3 Å². The number of carbonyl (C=O) groups is 2. The van der Waals surface area contributed by atoms with E-state index in [2.05, 4.69) is 10.6 Å². The Labute approximate surface area is 180 Å². The number of thiophene rings is 1. The first kappa shape index (κ1) is 21.0. The normalized spacial score (nSPS) is 19.6. The van der Waals surface area contributed by atoms with E-state index >= 15 is 0 Å². The monoisotopic (exact) mass is 447 g/mol. The molecule has 1 saturated heterocycles. The molecule has 0 unspecified atom stereocenters. The highest BCUT2D eigenvalue weighted by Crippen LogP contribution is 2.31. The highest BCUT2D eigenvalue weighted by atomic mass is 32.2. The van der Waals surface area contributed by atoms with Crippen LogP contribution in [0, 0.1) is 12.8 Å². The second-order valence-electron chi connectivity index (χ2n) is 7.82. The average molecular weight is 448 g/mol. The summed E-state index contributed by atoms with van der Waals surface area (Å²) in [5.74, 6) is -0.0809. The molecule has 1 atom stereocenters. The van der Waals surface area contributed by atoms with Crippen LogP contribution in [-0.2, 0) is 26.2 Å². The predicted octanol–water partition coefficient (Wildman–Crippen LogP) is 2.87. The lowest BCUT2D eigenvalue weighted by molar-refractivity contribution is -0.124. The lowest BCUT2D eigenvalue weighted by atomic mass is 10.2. The van der Waals surface area contributed by atoms with Gasteiger partial charge in [0.1, 0.15) is 10.3 Å². The summed E-state index contributed by atoms with van der Waals surface area (Å²) in [6, 6.07) is 10.0. The van der Waals surface area contributed by atoms with Crippen molar-refractivity contribution in [3.05, 3.63) is 46.8 Å². The van der Waals surface area contributed by atoms with Gasteiger partial charge in [0.25, 0.3) is 10.0 Å². The van der Waals surface area contributed by atoms with Gasteiger partial charge < -0.3 is 10.6 Å². The summed E-state index contributed by atoms with van der Waals surface area (Å²) in [6.45, 7) is 2.52. The zero-order valence-corrected chi connectivity index (χ0v) is 18.4. The molecule has 2 N–H and O–H groups in total. The summed E-state index contributed by atoms with van der Waals surface area (Å²) in [5, 5.41) is 5.74. The summed E-state index contributed by atoms with van der Waals surface area (Å²) in [7, 11) is -3.66. The first-order chi connectivity index (χ1) is 14.3. The first-order valence-corrected chi connectivity index (χ1v) is 12.4. The fraction of sp³-hybridized carbons (Fsp3) is 0.429. The Kier molecular flexibility index (Phi) is 5.95. The maximum absolute atomic E-state index is 12.9. The molecule has 1 aliphatic heterocycles. The highest BCUT2D eigenvalue weighted by molar-refractivity contribution is 7.91. The number of anilines is 1. The maximum Gasteiger partial charge on any atom is 0.253 e. The molecule has 4 rings (SSSR count). The van der Waals surface area contributed by atoms with E-state index in [1.165, 1.54) is 15.6 Å². The number of sulfonamides is 1.